The predicted octanol–water partition coefficient (Wildman–Crippen LogP) is 3.78. The number of ketones is 1. The number of benzene rings is 2. The van der Waals surface area contributed by atoms with E-state index in [4.69, 9.17) is 11.6 Å². The Morgan fingerprint density at radius 3 is 2.60 bits per heavy atom. The molecule has 20 heavy (non-hydrogen) atoms. The normalized spacial score (nSPS) is 12.1. The SMILES string of the molecule is Cc1cccc(CS(=O)CC(=O)c2cccc(Cl)c2)c1. The van der Waals surface area contributed by atoms with Crippen molar-refractivity contribution in [2.75, 3.05) is 5.75 Å². The molecule has 0 bridgehead atoms. The van der Waals surface area contributed by atoms with Gasteiger partial charge in [0.2, 0.25) is 0 Å². The van der Waals surface area contributed by atoms with Crippen LogP contribution in [0, 0.1) is 6.92 Å². The third kappa shape index (κ3) is 4.29. The summed E-state index contributed by atoms with van der Waals surface area (Å²) in [5, 5.41) is 0.514. The summed E-state index contributed by atoms with van der Waals surface area (Å²) in [6.07, 6.45) is 0. The second-order valence-corrected chi connectivity index (χ2v) is 6.54. The monoisotopic (exact) mass is 306 g/mol. The third-order valence-electron chi connectivity index (χ3n) is 2.85. The lowest BCUT2D eigenvalue weighted by atomic mass is 10.1. The average molecular weight is 307 g/mol. The van der Waals surface area contributed by atoms with Gasteiger partial charge in [-0.2, -0.15) is 0 Å². The Morgan fingerprint density at radius 2 is 1.90 bits per heavy atom. The van der Waals surface area contributed by atoms with E-state index in [0.717, 1.165) is 11.1 Å². The second kappa shape index (κ2) is 6.82. The second-order valence-electron chi connectivity index (χ2n) is 4.65. The van der Waals surface area contributed by atoms with Crippen LogP contribution in [0.15, 0.2) is 48.5 Å². The molecule has 0 saturated heterocycles. The molecule has 104 valence electrons. The molecule has 2 nitrogen and oxygen atoms in total. The molecule has 0 spiro atoms. The molecular weight excluding hydrogens is 292 g/mol. The summed E-state index contributed by atoms with van der Waals surface area (Å²) in [7, 11) is -1.21. The molecule has 0 aliphatic rings. The molecule has 2 aromatic carbocycles. The fourth-order valence-corrected chi connectivity index (χ4v) is 3.23. The molecule has 2 aromatic rings. The Bertz CT molecular complexity index is 652. The maximum Gasteiger partial charge on any atom is 0.175 e. The van der Waals surface area contributed by atoms with Crippen molar-refractivity contribution in [2.45, 2.75) is 12.7 Å². The van der Waals surface area contributed by atoms with Crippen molar-refractivity contribution in [3.05, 3.63) is 70.2 Å². The van der Waals surface area contributed by atoms with Gasteiger partial charge in [-0.25, -0.2) is 0 Å². The molecule has 4 heteroatoms. The highest BCUT2D eigenvalue weighted by Gasteiger charge is 2.11. The van der Waals surface area contributed by atoms with E-state index >= 15 is 0 Å². The van der Waals surface area contributed by atoms with Crippen molar-refractivity contribution in [2.24, 2.45) is 0 Å². The maximum absolute atomic E-state index is 12.0. The summed E-state index contributed by atoms with van der Waals surface area (Å²) in [6, 6.07) is 14.6. The van der Waals surface area contributed by atoms with Crippen LogP contribution in [0.25, 0.3) is 0 Å². The lowest BCUT2D eigenvalue weighted by Crippen LogP contribution is -2.12. The lowest BCUT2D eigenvalue weighted by Gasteiger charge is -2.04. The fraction of sp³-hybridized carbons (Fsp3) is 0.188. The number of hydrogen-bond donors (Lipinski definition) is 0. The van der Waals surface area contributed by atoms with Gasteiger partial charge in [-0.3, -0.25) is 9.00 Å². The van der Waals surface area contributed by atoms with Crippen molar-refractivity contribution in [1.82, 2.24) is 0 Å². The molecule has 0 fully saturated rings. The highest BCUT2D eigenvalue weighted by molar-refractivity contribution is 7.85. The van der Waals surface area contributed by atoms with Gasteiger partial charge in [-0.05, 0) is 24.6 Å². The number of carbonyl (C=O) groups is 1. The first-order valence-electron chi connectivity index (χ1n) is 6.24. The van der Waals surface area contributed by atoms with E-state index < -0.39 is 10.8 Å². The molecule has 0 aliphatic heterocycles. The van der Waals surface area contributed by atoms with Gasteiger partial charge in [0.25, 0.3) is 0 Å². The molecule has 1 atom stereocenters. The summed E-state index contributed by atoms with van der Waals surface area (Å²) in [5.74, 6) is 0.279. The van der Waals surface area contributed by atoms with Crippen LogP contribution in [0.2, 0.25) is 5.02 Å². The van der Waals surface area contributed by atoms with Crippen molar-refractivity contribution in [3.8, 4) is 0 Å². The Balaban J connectivity index is 1.99. The van der Waals surface area contributed by atoms with Crippen molar-refractivity contribution in [1.29, 1.82) is 0 Å². The first kappa shape index (κ1) is 14.9. The topological polar surface area (TPSA) is 34.1 Å². The van der Waals surface area contributed by atoms with E-state index in [1.807, 2.05) is 31.2 Å². The zero-order valence-corrected chi connectivity index (χ0v) is 12.7. The van der Waals surface area contributed by atoms with Gasteiger partial charge in [0.05, 0.1) is 5.75 Å². The minimum Gasteiger partial charge on any atom is -0.293 e. The van der Waals surface area contributed by atoms with E-state index in [1.165, 1.54) is 0 Å². The van der Waals surface area contributed by atoms with Crippen LogP contribution < -0.4 is 0 Å². The van der Waals surface area contributed by atoms with E-state index in [2.05, 4.69) is 0 Å². The minimum atomic E-state index is -1.21. The number of hydrogen-bond acceptors (Lipinski definition) is 2. The molecule has 2 rings (SSSR count). The van der Waals surface area contributed by atoms with Gasteiger partial charge < -0.3 is 0 Å². The van der Waals surface area contributed by atoms with Crippen LogP contribution in [0.4, 0.5) is 0 Å². The summed E-state index contributed by atoms with van der Waals surface area (Å²) in [6.45, 7) is 1.99. The van der Waals surface area contributed by atoms with E-state index in [1.54, 1.807) is 24.3 Å². The van der Waals surface area contributed by atoms with Gasteiger partial charge in [0, 0.05) is 27.1 Å². The summed E-state index contributed by atoms with van der Waals surface area (Å²) in [4.78, 5) is 12.0. The van der Waals surface area contributed by atoms with Crippen LogP contribution in [0.5, 0.6) is 0 Å². The molecule has 0 aromatic heterocycles. The minimum absolute atomic E-state index is 0.0221. The van der Waals surface area contributed by atoms with E-state index in [9.17, 15) is 9.00 Å². The zero-order chi connectivity index (χ0) is 14.5. The Labute approximate surface area is 126 Å². The summed E-state index contributed by atoms with van der Waals surface area (Å²) in [5.41, 5.74) is 2.62. The van der Waals surface area contributed by atoms with Crippen molar-refractivity contribution < 1.29 is 9.00 Å². The molecule has 1 unspecified atom stereocenters. The fourth-order valence-electron chi connectivity index (χ4n) is 1.93. The van der Waals surface area contributed by atoms with Crippen molar-refractivity contribution in [3.63, 3.8) is 0 Å². The summed E-state index contributed by atoms with van der Waals surface area (Å²) >= 11 is 5.84. The molecule has 0 aliphatic carbocycles. The molecule has 0 N–H and O–H groups in total. The number of carbonyl (C=O) groups excluding carboxylic acids is 1. The molecule has 0 saturated carbocycles. The standard InChI is InChI=1S/C16H15ClO2S/c1-12-4-2-5-13(8-12)10-20(19)11-16(18)14-6-3-7-15(17)9-14/h2-9H,10-11H2,1H3. The third-order valence-corrected chi connectivity index (χ3v) is 4.32. The smallest absolute Gasteiger partial charge is 0.175 e. The van der Waals surface area contributed by atoms with Gasteiger partial charge in [-0.15, -0.1) is 0 Å². The van der Waals surface area contributed by atoms with Crippen LogP contribution in [0.3, 0.4) is 0 Å². The van der Waals surface area contributed by atoms with E-state index in [-0.39, 0.29) is 11.5 Å². The predicted molar refractivity (Wildman–Crippen MR) is 83.7 cm³/mol. The van der Waals surface area contributed by atoms with Crippen LogP contribution in [0.1, 0.15) is 21.5 Å². The highest BCUT2D eigenvalue weighted by Crippen LogP contribution is 2.13. The van der Waals surface area contributed by atoms with E-state index in [0.29, 0.717) is 16.3 Å². The number of aryl methyl sites for hydroxylation is 1. The van der Waals surface area contributed by atoms with Crippen LogP contribution in [-0.4, -0.2) is 15.7 Å². The maximum atomic E-state index is 12.0. The van der Waals surface area contributed by atoms with Crippen molar-refractivity contribution >= 4 is 28.2 Å². The zero-order valence-electron chi connectivity index (χ0n) is 11.1. The summed E-state index contributed by atoms with van der Waals surface area (Å²) < 4.78 is 12.0. The Hall–Kier alpha value is -1.45. The largest absolute Gasteiger partial charge is 0.293 e. The molecule has 0 amide bonds. The van der Waals surface area contributed by atoms with Gasteiger partial charge >= 0.3 is 0 Å². The lowest BCUT2D eigenvalue weighted by molar-refractivity contribution is 0.102. The van der Waals surface area contributed by atoms with Gasteiger partial charge in [0.1, 0.15) is 0 Å². The molecular formula is C16H15ClO2S. The Morgan fingerprint density at radius 1 is 1.15 bits per heavy atom. The number of rotatable bonds is 5. The van der Waals surface area contributed by atoms with Gasteiger partial charge in [-0.1, -0.05) is 53.6 Å². The Kier molecular flexibility index (Phi) is 5.10. The molecule has 0 radical (unpaired) electrons. The van der Waals surface area contributed by atoms with Crippen LogP contribution in [-0.2, 0) is 16.6 Å². The first-order valence-corrected chi connectivity index (χ1v) is 8.10. The first-order chi connectivity index (χ1) is 9.54. The number of halogens is 1. The highest BCUT2D eigenvalue weighted by atomic mass is 35.5. The molecule has 0 heterocycles. The number of Topliss-reactive ketones (excluding diaryl/α,β-unsaturated/α-hetero) is 1. The average Bonchev–Trinajstić information content (AvgIpc) is 2.38. The quantitative estimate of drug-likeness (QED) is 0.788. The van der Waals surface area contributed by atoms with Gasteiger partial charge in [0.15, 0.2) is 5.78 Å². The van der Waals surface area contributed by atoms with Crippen LogP contribution >= 0.6 is 11.6 Å².